The highest BCUT2D eigenvalue weighted by Crippen LogP contribution is 2.31. The summed E-state index contributed by atoms with van der Waals surface area (Å²) in [6.45, 7) is 3.42. The average Bonchev–Trinajstić information content (AvgIpc) is 3.38. The molecule has 0 bridgehead atoms. The van der Waals surface area contributed by atoms with Crippen LogP contribution in [0.2, 0.25) is 0 Å². The van der Waals surface area contributed by atoms with Crippen molar-refractivity contribution in [3.05, 3.63) is 42.5 Å². The average molecular weight is 281 g/mol. The molecule has 0 unspecified atom stereocenters. The van der Waals surface area contributed by atoms with Crippen molar-refractivity contribution in [2.24, 2.45) is 5.92 Å². The fraction of sp³-hybridized carbons (Fsp3) is 0.474. The summed E-state index contributed by atoms with van der Waals surface area (Å²) in [6.07, 6.45) is 5.45. The molecule has 1 aliphatic heterocycles. The Morgan fingerprint density at radius 1 is 0.905 bits per heavy atom. The van der Waals surface area contributed by atoms with Gasteiger partial charge in [-0.05, 0) is 67.6 Å². The molecule has 1 aliphatic carbocycles. The molecule has 2 nitrogen and oxygen atoms in total. The van der Waals surface area contributed by atoms with E-state index in [1.54, 1.807) is 0 Å². The first-order valence-electron chi connectivity index (χ1n) is 8.24. The number of piperidine rings is 1. The molecule has 2 aromatic carbocycles. The fourth-order valence-corrected chi connectivity index (χ4v) is 3.40. The van der Waals surface area contributed by atoms with E-state index in [-0.39, 0.29) is 0 Å². The lowest BCUT2D eigenvalue weighted by Gasteiger charge is -2.31. The van der Waals surface area contributed by atoms with Crippen LogP contribution < -0.4 is 4.74 Å². The van der Waals surface area contributed by atoms with E-state index in [0.29, 0.717) is 0 Å². The first-order chi connectivity index (χ1) is 10.4. The molecular weight excluding hydrogens is 258 g/mol. The maximum Gasteiger partial charge on any atom is 0.119 e. The van der Waals surface area contributed by atoms with Gasteiger partial charge in [0.25, 0.3) is 0 Å². The highest BCUT2D eigenvalue weighted by atomic mass is 16.5. The van der Waals surface area contributed by atoms with Gasteiger partial charge in [0.05, 0.1) is 6.61 Å². The summed E-state index contributed by atoms with van der Waals surface area (Å²) in [6, 6.07) is 15.8. The van der Waals surface area contributed by atoms with Gasteiger partial charge in [-0.1, -0.05) is 30.3 Å². The van der Waals surface area contributed by atoms with Crippen molar-refractivity contribution in [2.75, 3.05) is 19.7 Å². The van der Waals surface area contributed by atoms with Crippen molar-refractivity contribution >= 4 is 10.8 Å². The second-order valence-corrected chi connectivity index (χ2v) is 6.53. The number of hydrogen-bond donors (Lipinski definition) is 0. The van der Waals surface area contributed by atoms with E-state index in [0.717, 1.165) is 24.3 Å². The van der Waals surface area contributed by atoms with Gasteiger partial charge in [0.1, 0.15) is 5.75 Å². The second-order valence-electron chi connectivity index (χ2n) is 6.53. The third-order valence-corrected chi connectivity index (χ3v) is 4.92. The first-order valence-corrected chi connectivity index (χ1v) is 8.24. The van der Waals surface area contributed by atoms with Gasteiger partial charge in [0.2, 0.25) is 0 Å². The molecule has 110 valence electrons. The van der Waals surface area contributed by atoms with Crippen LogP contribution in [0.15, 0.2) is 42.5 Å². The van der Waals surface area contributed by atoms with Gasteiger partial charge in [-0.15, -0.1) is 0 Å². The molecule has 21 heavy (non-hydrogen) atoms. The molecule has 4 rings (SSSR count). The van der Waals surface area contributed by atoms with Crippen LogP contribution in [-0.4, -0.2) is 30.6 Å². The zero-order valence-electron chi connectivity index (χ0n) is 12.5. The predicted molar refractivity (Wildman–Crippen MR) is 86.8 cm³/mol. The molecule has 0 aromatic heterocycles. The zero-order valence-corrected chi connectivity index (χ0v) is 12.5. The van der Waals surface area contributed by atoms with E-state index >= 15 is 0 Å². The monoisotopic (exact) mass is 281 g/mol. The Hall–Kier alpha value is -1.54. The van der Waals surface area contributed by atoms with Crippen LogP contribution in [0, 0.1) is 5.92 Å². The van der Waals surface area contributed by atoms with Gasteiger partial charge in [0, 0.05) is 6.04 Å². The van der Waals surface area contributed by atoms with Crippen LogP contribution >= 0.6 is 0 Å². The molecule has 0 radical (unpaired) electrons. The lowest BCUT2D eigenvalue weighted by Crippen LogP contribution is -2.36. The zero-order chi connectivity index (χ0) is 14.1. The summed E-state index contributed by atoms with van der Waals surface area (Å²) in [4.78, 5) is 2.67. The Kier molecular flexibility index (Phi) is 3.56. The van der Waals surface area contributed by atoms with Crippen molar-refractivity contribution in [3.8, 4) is 5.75 Å². The standard InChI is InChI=1S/C19H23NO/c1-2-4-17-13-19(8-5-16(17)3-1)21-14-15-9-11-20(12-10-15)18-6-7-18/h1-5,8,13,15,18H,6-7,9-12,14H2. The van der Waals surface area contributed by atoms with E-state index in [4.69, 9.17) is 4.74 Å². The third kappa shape index (κ3) is 3.06. The Morgan fingerprint density at radius 3 is 2.43 bits per heavy atom. The van der Waals surface area contributed by atoms with Gasteiger partial charge >= 0.3 is 0 Å². The molecule has 0 amide bonds. The maximum absolute atomic E-state index is 6.05. The predicted octanol–water partition coefficient (Wildman–Crippen LogP) is 4.09. The molecule has 0 spiro atoms. The highest BCUT2D eigenvalue weighted by Gasteiger charge is 2.31. The van der Waals surface area contributed by atoms with E-state index in [1.165, 1.54) is 49.5 Å². The summed E-state index contributed by atoms with van der Waals surface area (Å²) >= 11 is 0. The molecule has 2 heteroatoms. The number of benzene rings is 2. The van der Waals surface area contributed by atoms with Crippen molar-refractivity contribution in [1.82, 2.24) is 4.90 Å². The van der Waals surface area contributed by atoms with E-state index < -0.39 is 0 Å². The van der Waals surface area contributed by atoms with Crippen LogP contribution in [0.5, 0.6) is 5.75 Å². The number of nitrogens with zero attached hydrogens (tertiary/aromatic N) is 1. The minimum atomic E-state index is 0.728. The second kappa shape index (κ2) is 5.69. The van der Waals surface area contributed by atoms with Gasteiger partial charge in [0.15, 0.2) is 0 Å². The Bertz CT molecular complexity index is 612. The van der Waals surface area contributed by atoms with Gasteiger partial charge in [-0.25, -0.2) is 0 Å². The third-order valence-electron chi connectivity index (χ3n) is 4.92. The number of fused-ring (bicyclic) bond motifs is 1. The molecule has 2 aliphatic rings. The van der Waals surface area contributed by atoms with E-state index in [2.05, 4.69) is 47.4 Å². The number of hydrogen-bond acceptors (Lipinski definition) is 2. The fourth-order valence-electron chi connectivity index (χ4n) is 3.40. The summed E-state index contributed by atoms with van der Waals surface area (Å²) in [7, 11) is 0. The summed E-state index contributed by atoms with van der Waals surface area (Å²) in [5.41, 5.74) is 0. The van der Waals surface area contributed by atoms with Crippen LogP contribution in [0.3, 0.4) is 0 Å². The van der Waals surface area contributed by atoms with Crippen LogP contribution in [-0.2, 0) is 0 Å². The molecule has 0 atom stereocenters. The van der Waals surface area contributed by atoms with Crippen molar-refractivity contribution in [2.45, 2.75) is 31.7 Å². The number of rotatable bonds is 4. The Labute approximate surface area is 126 Å². The lowest BCUT2D eigenvalue weighted by atomic mass is 9.97. The maximum atomic E-state index is 6.05. The van der Waals surface area contributed by atoms with E-state index in [9.17, 15) is 0 Å². The summed E-state index contributed by atoms with van der Waals surface area (Å²) < 4.78 is 6.05. The molecular formula is C19H23NO. The minimum Gasteiger partial charge on any atom is -0.493 e. The largest absolute Gasteiger partial charge is 0.493 e. The molecule has 1 saturated carbocycles. The molecule has 1 heterocycles. The molecule has 1 saturated heterocycles. The number of likely N-dealkylation sites (tertiary alicyclic amines) is 1. The molecule has 2 fully saturated rings. The van der Waals surface area contributed by atoms with Gasteiger partial charge in [-0.2, -0.15) is 0 Å². The van der Waals surface area contributed by atoms with Crippen molar-refractivity contribution in [3.63, 3.8) is 0 Å². The van der Waals surface area contributed by atoms with Crippen molar-refractivity contribution < 1.29 is 4.74 Å². The molecule has 2 aromatic rings. The van der Waals surface area contributed by atoms with Gasteiger partial charge in [-0.3, -0.25) is 0 Å². The topological polar surface area (TPSA) is 12.5 Å². The minimum absolute atomic E-state index is 0.728. The van der Waals surface area contributed by atoms with Crippen LogP contribution in [0.1, 0.15) is 25.7 Å². The smallest absolute Gasteiger partial charge is 0.119 e. The SMILES string of the molecule is c1ccc2cc(OCC3CCN(C4CC4)CC3)ccc2c1. The Morgan fingerprint density at radius 2 is 1.67 bits per heavy atom. The van der Waals surface area contributed by atoms with Crippen LogP contribution in [0.25, 0.3) is 10.8 Å². The lowest BCUT2D eigenvalue weighted by molar-refractivity contribution is 0.136. The summed E-state index contributed by atoms with van der Waals surface area (Å²) in [5.74, 6) is 1.74. The molecule has 0 N–H and O–H groups in total. The quantitative estimate of drug-likeness (QED) is 0.837. The number of ether oxygens (including phenoxy) is 1. The van der Waals surface area contributed by atoms with Gasteiger partial charge < -0.3 is 9.64 Å². The Balaban J connectivity index is 1.33. The highest BCUT2D eigenvalue weighted by molar-refractivity contribution is 5.83. The normalized spacial score (nSPS) is 20.8. The van der Waals surface area contributed by atoms with Crippen molar-refractivity contribution in [1.29, 1.82) is 0 Å². The van der Waals surface area contributed by atoms with E-state index in [1.807, 2.05) is 0 Å². The first kappa shape index (κ1) is 13.1. The summed E-state index contributed by atoms with van der Waals surface area (Å²) in [5, 5.41) is 2.54. The van der Waals surface area contributed by atoms with Crippen LogP contribution in [0.4, 0.5) is 0 Å².